The molecule has 0 saturated carbocycles. The molecule has 1 N–H and O–H groups in total. The van der Waals surface area contributed by atoms with Crippen LogP contribution in [-0.4, -0.2) is 29.1 Å². The fraction of sp³-hybridized carbons (Fsp3) is 0.429. The highest BCUT2D eigenvalue weighted by Gasteiger charge is 2.27. The predicted molar refractivity (Wildman–Crippen MR) is 77.7 cm³/mol. The molecule has 6 heteroatoms. The zero-order chi connectivity index (χ0) is 13.9. The van der Waals surface area contributed by atoms with Gasteiger partial charge < -0.3 is 9.84 Å². The van der Waals surface area contributed by atoms with Crippen molar-refractivity contribution < 1.29 is 9.32 Å². The summed E-state index contributed by atoms with van der Waals surface area (Å²) in [5, 5.41) is 10.8. The van der Waals surface area contributed by atoms with Gasteiger partial charge in [-0.3, -0.25) is 9.69 Å². The van der Waals surface area contributed by atoms with Crippen molar-refractivity contribution in [2.24, 2.45) is 0 Å². The van der Waals surface area contributed by atoms with Gasteiger partial charge in [0.15, 0.2) is 5.82 Å². The third-order valence-electron chi connectivity index (χ3n) is 3.53. The summed E-state index contributed by atoms with van der Waals surface area (Å²) in [6.45, 7) is 3.16. The molecule has 2 aromatic rings. The van der Waals surface area contributed by atoms with Crippen LogP contribution in [0.25, 0.3) is 0 Å². The smallest absolute Gasteiger partial charge is 0.239 e. The van der Waals surface area contributed by atoms with Crippen LogP contribution in [-0.2, 0) is 4.79 Å². The molecule has 0 aromatic carbocycles. The number of nitrogens with zero attached hydrogens (tertiary/aromatic N) is 2. The summed E-state index contributed by atoms with van der Waals surface area (Å²) < 4.78 is 4.94. The summed E-state index contributed by atoms with van der Waals surface area (Å²) in [5.74, 6) is 1.14. The lowest BCUT2D eigenvalue weighted by molar-refractivity contribution is -0.117. The van der Waals surface area contributed by atoms with Gasteiger partial charge in [0.1, 0.15) is 5.76 Å². The average Bonchev–Trinajstić information content (AvgIpc) is 3.10. The van der Waals surface area contributed by atoms with Gasteiger partial charge in [0.25, 0.3) is 0 Å². The minimum absolute atomic E-state index is 0.0413. The molecule has 0 bridgehead atoms. The molecule has 1 atom stereocenters. The van der Waals surface area contributed by atoms with Crippen LogP contribution in [0.4, 0.5) is 5.82 Å². The lowest BCUT2D eigenvalue weighted by Crippen LogP contribution is -2.32. The van der Waals surface area contributed by atoms with Gasteiger partial charge in [-0.25, -0.2) is 0 Å². The van der Waals surface area contributed by atoms with Gasteiger partial charge in [-0.2, -0.15) is 11.3 Å². The Bertz CT molecular complexity index is 579. The number of hydrogen-bond donors (Lipinski definition) is 1. The third kappa shape index (κ3) is 2.91. The Balaban J connectivity index is 1.60. The van der Waals surface area contributed by atoms with Crippen LogP contribution in [0.5, 0.6) is 0 Å². The van der Waals surface area contributed by atoms with E-state index in [1.807, 2.05) is 0 Å². The first-order valence-corrected chi connectivity index (χ1v) is 7.66. The molecule has 2 aromatic heterocycles. The number of carbonyl (C=O) groups excluding carboxylic acids is 1. The first kappa shape index (κ1) is 13.3. The Hall–Kier alpha value is -1.66. The normalized spacial score (nSPS) is 19.4. The number of amides is 1. The van der Waals surface area contributed by atoms with Crippen LogP contribution in [0, 0.1) is 6.92 Å². The van der Waals surface area contributed by atoms with Crippen LogP contribution in [0.15, 0.2) is 27.4 Å². The van der Waals surface area contributed by atoms with Crippen LogP contribution in [0.2, 0.25) is 0 Å². The van der Waals surface area contributed by atoms with E-state index in [0.29, 0.717) is 24.2 Å². The van der Waals surface area contributed by atoms with Crippen molar-refractivity contribution in [2.75, 3.05) is 18.4 Å². The zero-order valence-corrected chi connectivity index (χ0v) is 12.2. The minimum atomic E-state index is -0.0413. The van der Waals surface area contributed by atoms with Gasteiger partial charge in [-0.05, 0) is 48.7 Å². The molecule has 3 heterocycles. The van der Waals surface area contributed by atoms with Gasteiger partial charge in [0, 0.05) is 12.1 Å². The predicted octanol–water partition coefficient (Wildman–Crippen LogP) is 2.82. The van der Waals surface area contributed by atoms with E-state index in [1.54, 1.807) is 24.3 Å². The topological polar surface area (TPSA) is 58.4 Å². The lowest BCUT2D eigenvalue weighted by Gasteiger charge is -2.22. The molecule has 1 saturated heterocycles. The maximum absolute atomic E-state index is 12.1. The fourth-order valence-corrected chi connectivity index (χ4v) is 3.36. The molecule has 106 valence electrons. The molecular formula is C14H17N3O2S. The summed E-state index contributed by atoms with van der Waals surface area (Å²) in [7, 11) is 0. The van der Waals surface area contributed by atoms with Crippen molar-refractivity contribution in [2.45, 2.75) is 25.8 Å². The highest BCUT2D eigenvalue weighted by Crippen LogP contribution is 2.32. The number of aryl methyl sites for hydroxylation is 1. The lowest BCUT2D eigenvalue weighted by atomic mass is 10.1. The molecule has 1 fully saturated rings. The molecule has 0 radical (unpaired) electrons. The van der Waals surface area contributed by atoms with Gasteiger partial charge in [0.05, 0.1) is 6.54 Å². The largest absolute Gasteiger partial charge is 0.360 e. The molecule has 1 aliphatic rings. The number of thiophene rings is 1. The van der Waals surface area contributed by atoms with Crippen molar-refractivity contribution in [3.63, 3.8) is 0 Å². The quantitative estimate of drug-likeness (QED) is 0.941. The van der Waals surface area contributed by atoms with Crippen LogP contribution >= 0.6 is 11.3 Å². The highest BCUT2D eigenvalue weighted by atomic mass is 32.1. The monoisotopic (exact) mass is 291 g/mol. The number of aromatic nitrogens is 1. The standard InChI is InChI=1S/C14H17N3O2S/c1-10-7-13(16-19-10)15-14(18)8-17-5-2-3-12(17)11-4-6-20-9-11/h4,6-7,9,12H,2-3,5,8H2,1H3,(H,15,16,18)/t12-/m0/s1. The van der Waals surface area contributed by atoms with Gasteiger partial charge in [-0.15, -0.1) is 0 Å². The Labute approximate surface area is 121 Å². The third-order valence-corrected chi connectivity index (χ3v) is 4.24. The van der Waals surface area contributed by atoms with E-state index >= 15 is 0 Å². The molecule has 20 heavy (non-hydrogen) atoms. The minimum Gasteiger partial charge on any atom is -0.360 e. The van der Waals surface area contributed by atoms with E-state index in [0.717, 1.165) is 19.4 Å². The number of carbonyl (C=O) groups is 1. The van der Waals surface area contributed by atoms with Crippen molar-refractivity contribution in [3.05, 3.63) is 34.2 Å². The molecule has 0 aliphatic carbocycles. The molecule has 0 spiro atoms. The van der Waals surface area contributed by atoms with Gasteiger partial charge >= 0.3 is 0 Å². The summed E-state index contributed by atoms with van der Waals surface area (Å²) in [4.78, 5) is 14.3. The van der Waals surface area contributed by atoms with E-state index in [2.05, 4.69) is 32.2 Å². The van der Waals surface area contributed by atoms with Crippen LogP contribution in [0.1, 0.15) is 30.2 Å². The van der Waals surface area contributed by atoms with Crippen LogP contribution in [0.3, 0.4) is 0 Å². The van der Waals surface area contributed by atoms with Crippen molar-refractivity contribution in [1.29, 1.82) is 0 Å². The van der Waals surface area contributed by atoms with E-state index in [9.17, 15) is 4.79 Å². The van der Waals surface area contributed by atoms with Crippen molar-refractivity contribution in [1.82, 2.24) is 10.1 Å². The molecule has 1 aliphatic heterocycles. The first-order valence-electron chi connectivity index (χ1n) is 6.71. The zero-order valence-electron chi connectivity index (χ0n) is 11.3. The molecule has 5 nitrogen and oxygen atoms in total. The number of anilines is 1. The molecule has 1 amide bonds. The highest BCUT2D eigenvalue weighted by molar-refractivity contribution is 7.07. The molecular weight excluding hydrogens is 274 g/mol. The van der Waals surface area contributed by atoms with Crippen molar-refractivity contribution in [3.8, 4) is 0 Å². The summed E-state index contributed by atoms with van der Waals surface area (Å²) >= 11 is 1.70. The van der Waals surface area contributed by atoms with Crippen molar-refractivity contribution >= 4 is 23.1 Å². The molecule has 3 rings (SSSR count). The number of likely N-dealkylation sites (tertiary alicyclic amines) is 1. The maximum Gasteiger partial charge on any atom is 0.239 e. The number of hydrogen-bond acceptors (Lipinski definition) is 5. The van der Waals surface area contributed by atoms with E-state index in [-0.39, 0.29) is 5.91 Å². The number of nitrogens with one attached hydrogen (secondary N) is 1. The van der Waals surface area contributed by atoms with E-state index in [1.165, 1.54) is 5.56 Å². The van der Waals surface area contributed by atoms with Gasteiger partial charge in [0.2, 0.25) is 5.91 Å². The fourth-order valence-electron chi connectivity index (χ4n) is 2.65. The summed E-state index contributed by atoms with van der Waals surface area (Å²) in [6, 6.07) is 4.23. The summed E-state index contributed by atoms with van der Waals surface area (Å²) in [6.07, 6.45) is 2.25. The number of rotatable bonds is 4. The summed E-state index contributed by atoms with van der Waals surface area (Å²) in [5.41, 5.74) is 1.32. The SMILES string of the molecule is Cc1cc(NC(=O)CN2CCC[C@H]2c2ccsc2)no1. The second kappa shape index (κ2) is 5.76. The van der Waals surface area contributed by atoms with E-state index < -0.39 is 0 Å². The maximum atomic E-state index is 12.1. The van der Waals surface area contributed by atoms with Gasteiger partial charge in [-0.1, -0.05) is 5.16 Å². The average molecular weight is 291 g/mol. The Morgan fingerprint density at radius 2 is 2.55 bits per heavy atom. The Morgan fingerprint density at radius 1 is 1.65 bits per heavy atom. The van der Waals surface area contributed by atoms with E-state index in [4.69, 9.17) is 4.52 Å². The second-order valence-corrected chi connectivity index (χ2v) is 5.84. The Kier molecular flexibility index (Phi) is 3.84. The van der Waals surface area contributed by atoms with Crippen LogP contribution < -0.4 is 5.32 Å². The molecule has 0 unspecified atom stereocenters. The second-order valence-electron chi connectivity index (χ2n) is 5.06. The Morgan fingerprint density at radius 3 is 3.25 bits per heavy atom. The first-order chi connectivity index (χ1) is 9.72.